The second-order valence-electron chi connectivity index (χ2n) is 5.60. The van der Waals surface area contributed by atoms with Crippen LogP contribution < -0.4 is 16.0 Å². The second kappa shape index (κ2) is 7.98. The summed E-state index contributed by atoms with van der Waals surface area (Å²) in [7, 11) is 1.85. The topological polar surface area (TPSA) is 58.4 Å². The van der Waals surface area contributed by atoms with Gasteiger partial charge in [0.15, 0.2) is 0 Å². The number of halogens is 1. The van der Waals surface area contributed by atoms with Crippen LogP contribution in [-0.2, 0) is 4.79 Å². The Bertz CT molecular complexity index is 467. The molecule has 0 aliphatic carbocycles. The zero-order valence-electron chi connectivity index (χ0n) is 13.2. The molecule has 0 saturated heterocycles. The maximum absolute atomic E-state index is 13.7. The molecule has 0 aliphatic rings. The summed E-state index contributed by atoms with van der Waals surface area (Å²) < 4.78 is 13.7. The van der Waals surface area contributed by atoms with Gasteiger partial charge in [-0.15, -0.1) is 0 Å². The maximum atomic E-state index is 13.7. The molecule has 1 rings (SSSR count). The highest BCUT2D eigenvalue weighted by atomic mass is 19.1. The lowest BCUT2D eigenvalue weighted by molar-refractivity contribution is -0.124. The monoisotopic (exact) mass is 295 g/mol. The van der Waals surface area contributed by atoms with E-state index in [2.05, 4.69) is 5.32 Å². The van der Waals surface area contributed by atoms with Gasteiger partial charge in [-0.25, -0.2) is 4.39 Å². The molecular weight excluding hydrogens is 269 g/mol. The Morgan fingerprint density at radius 2 is 2.10 bits per heavy atom. The standard InChI is InChI=1S/C16H26FN3O/c1-4-11-19-16(2,15(18)21)10-7-12-20(3)14-9-6-5-8-13(14)17/h5-6,8-9,19H,4,7,10-12H2,1-3H3,(H2,18,21). The molecule has 4 nitrogen and oxygen atoms in total. The van der Waals surface area contributed by atoms with Gasteiger partial charge in [-0.2, -0.15) is 0 Å². The van der Waals surface area contributed by atoms with Crippen LogP contribution in [0, 0.1) is 5.82 Å². The number of hydrogen-bond acceptors (Lipinski definition) is 3. The van der Waals surface area contributed by atoms with Gasteiger partial charge >= 0.3 is 0 Å². The number of anilines is 1. The molecule has 0 radical (unpaired) electrons. The first kappa shape index (κ1) is 17.4. The van der Waals surface area contributed by atoms with Crippen LogP contribution >= 0.6 is 0 Å². The van der Waals surface area contributed by atoms with Gasteiger partial charge in [-0.05, 0) is 44.9 Å². The number of carbonyl (C=O) groups excluding carboxylic acids is 1. The molecule has 1 aromatic carbocycles. The zero-order chi connectivity index (χ0) is 15.9. The molecule has 5 heteroatoms. The first-order valence-electron chi connectivity index (χ1n) is 7.41. The van der Waals surface area contributed by atoms with Crippen molar-refractivity contribution in [2.24, 2.45) is 5.73 Å². The summed E-state index contributed by atoms with van der Waals surface area (Å²) in [6.07, 6.45) is 2.32. The molecule has 1 atom stereocenters. The van der Waals surface area contributed by atoms with Crippen LogP contribution in [0.5, 0.6) is 0 Å². The third kappa shape index (κ3) is 5.01. The third-order valence-corrected chi connectivity index (χ3v) is 3.74. The van der Waals surface area contributed by atoms with Crippen LogP contribution in [0.3, 0.4) is 0 Å². The Labute approximate surface area is 126 Å². The van der Waals surface area contributed by atoms with Crippen molar-refractivity contribution in [1.29, 1.82) is 0 Å². The number of rotatable bonds is 9. The smallest absolute Gasteiger partial charge is 0.237 e. The first-order chi connectivity index (χ1) is 9.90. The lowest BCUT2D eigenvalue weighted by Crippen LogP contribution is -2.53. The highest BCUT2D eigenvalue weighted by molar-refractivity contribution is 5.84. The number of carbonyl (C=O) groups is 1. The molecule has 0 spiro atoms. The molecule has 0 heterocycles. The fraction of sp³-hybridized carbons (Fsp3) is 0.562. The van der Waals surface area contributed by atoms with Gasteiger partial charge in [0, 0.05) is 13.6 Å². The second-order valence-corrected chi connectivity index (χ2v) is 5.60. The summed E-state index contributed by atoms with van der Waals surface area (Å²) in [4.78, 5) is 13.5. The normalized spacial score (nSPS) is 13.7. The van der Waals surface area contributed by atoms with Crippen LogP contribution in [0.15, 0.2) is 24.3 Å². The number of para-hydroxylation sites is 1. The molecule has 0 aliphatic heterocycles. The third-order valence-electron chi connectivity index (χ3n) is 3.74. The minimum atomic E-state index is -0.702. The van der Waals surface area contributed by atoms with E-state index in [1.165, 1.54) is 6.07 Å². The van der Waals surface area contributed by atoms with Gasteiger partial charge < -0.3 is 16.0 Å². The molecular formula is C16H26FN3O. The summed E-state index contributed by atoms with van der Waals surface area (Å²) in [6.45, 7) is 5.29. The van der Waals surface area contributed by atoms with E-state index in [0.29, 0.717) is 18.7 Å². The number of primary amides is 1. The van der Waals surface area contributed by atoms with Crippen LogP contribution in [0.2, 0.25) is 0 Å². The summed E-state index contributed by atoms with van der Waals surface area (Å²) in [5, 5.41) is 3.20. The van der Waals surface area contributed by atoms with Crippen molar-refractivity contribution >= 4 is 11.6 Å². The van der Waals surface area contributed by atoms with E-state index in [1.54, 1.807) is 12.1 Å². The Hall–Kier alpha value is -1.62. The van der Waals surface area contributed by atoms with Crippen molar-refractivity contribution in [3.05, 3.63) is 30.1 Å². The Morgan fingerprint density at radius 1 is 1.43 bits per heavy atom. The van der Waals surface area contributed by atoms with Gasteiger partial charge in [0.25, 0.3) is 0 Å². The number of nitrogens with two attached hydrogens (primary N) is 1. The molecule has 21 heavy (non-hydrogen) atoms. The Kier molecular flexibility index (Phi) is 6.62. The molecule has 0 bridgehead atoms. The van der Waals surface area contributed by atoms with Gasteiger partial charge in [0.05, 0.1) is 11.2 Å². The number of nitrogens with one attached hydrogen (secondary N) is 1. The number of amides is 1. The largest absolute Gasteiger partial charge is 0.372 e. The molecule has 118 valence electrons. The van der Waals surface area contributed by atoms with E-state index in [0.717, 1.165) is 19.4 Å². The summed E-state index contributed by atoms with van der Waals surface area (Å²) in [6, 6.07) is 6.68. The summed E-state index contributed by atoms with van der Waals surface area (Å²) in [5.41, 5.74) is 5.36. The van der Waals surface area contributed by atoms with Gasteiger partial charge in [0.2, 0.25) is 5.91 Å². The lowest BCUT2D eigenvalue weighted by Gasteiger charge is -2.29. The van der Waals surface area contributed by atoms with E-state index < -0.39 is 5.54 Å². The minimum Gasteiger partial charge on any atom is -0.372 e. The van der Waals surface area contributed by atoms with Crippen molar-refractivity contribution in [2.75, 3.05) is 25.0 Å². The van der Waals surface area contributed by atoms with E-state index in [9.17, 15) is 9.18 Å². The first-order valence-corrected chi connectivity index (χ1v) is 7.41. The van der Waals surface area contributed by atoms with Crippen LogP contribution in [0.25, 0.3) is 0 Å². The van der Waals surface area contributed by atoms with E-state index >= 15 is 0 Å². The summed E-state index contributed by atoms with van der Waals surface area (Å²) in [5.74, 6) is -0.578. The van der Waals surface area contributed by atoms with Crippen molar-refractivity contribution in [2.45, 2.75) is 38.6 Å². The van der Waals surface area contributed by atoms with E-state index in [1.807, 2.05) is 31.9 Å². The van der Waals surface area contributed by atoms with E-state index in [4.69, 9.17) is 5.73 Å². The van der Waals surface area contributed by atoms with Crippen LogP contribution in [-0.4, -0.2) is 31.6 Å². The maximum Gasteiger partial charge on any atom is 0.237 e. The average Bonchev–Trinajstić information content (AvgIpc) is 2.45. The van der Waals surface area contributed by atoms with Gasteiger partial charge in [-0.3, -0.25) is 4.79 Å². The van der Waals surface area contributed by atoms with Crippen molar-refractivity contribution < 1.29 is 9.18 Å². The quantitative estimate of drug-likeness (QED) is 0.735. The minimum absolute atomic E-state index is 0.234. The fourth-order valence-electron chi connectivity index (χ4n) is 2.25. The molecule has 0 saturated carbocycles. The molecule has 1 unspecified atom stereocenters. The number of benzene rings is 1. The van der Waals surface area contributed by atoms with Gasteiger partial charge in [0.1, 0.15) is 5.82 Å². The lowest BCUT2D eigenvalue weighted by atomic mass is 9.94. The highest BCUT2D eigenvalue weighted by Gasteiger charge is 2.29. The fourth-order valence-corrected chi connectivity index (χ4v) is 2.25. The van der Waals surface area contributed by atoms with Gasteiger partial charge in [-0.1, -0.05) is 19.1 Å². The molecule has 1 amide bonds. The number of hydrogen-bond donors (Lipinski definition) is 2. The molecule has 0 fully saturated rings. The van der Waals surface area contributed by atoms with Crippen molar-refractivity contribution in [1.82, 2.24) is 5.32 Å². The predicted molar refractivity (Wildman–Crippen MR) is 84.8 cm³/mol. The SMILES string of the molecule is CCCNC(C)(CCCN(C)c1ccccc1F)C(N)=O. The predicted octanol–water partition coefficient (Wildman–Crippen LogP) is 2.29. The Balaban J connectivity index is 2.54. The Morgan fingerprint density at radius 3 is 2.67 bits per heavy atom. The average molecular weight is 295 g/mol. The van der Waals surface area contributed by atoms with E-state index in [-0.39, 0.29) is 11.7 Å². The molecule has 0 aromatic heterocycles. The molecule has 3 N–H and O–H groups in total. The van der Waals surface area contributed by atoms with Crippen molar-refractivity contribution in [3.63, 3.8) is 0 Å². The summed E-state index contributed by atoms with van der Waals surface area (Å²) >= 11 is 0. The molecule has 1 aromatic rings. The highest BCUT2D eigenvalue weighted by Crippen LogP contribution is 2.19. The zero-order valence-corrected chi connectivity index (χ0v) is 13.2. The van der Waals surface area contributed by atoms with Crippen LogP contribution in [0.4, 0.5) is 10.1 Å². The van der Waals surface area contributed by atoms with Crippen molar-refractivity contribution in [3.8, 4) is 0 Å². The van der Waals surface area contributed by atoms with Crippen LogP contribution in [0.1, 0.15) is 33.1 Å². The number of nitrogens with zero attached hydrogens (tertiary/aromatic N) is 1.